The molecule has 0 saturated carbocycles. The highest BCUT2D eigenvalue weighted by Gasteiger charge is 2.22. The maximum atomic E-state index is 5.01. The summed E-state index contributed by atoms with van der Waals surface area (Å²) in [6, 6.07) is 15.1. The zero-order valence-electron chi connectivity index (χ0n) is 16.3. The van der Waals surface area contributed by atoms with Gasteiger partial charge in [-0.05, 0) is 56.1 Å². The third-order valence-electron chi connectivity index (χ3n) is 5.75. The van der Waals surface area contributed by atoms with E-state index in [9.17, 15) is 0 Å². The van der Waals surface area contributed by atoms with Crippen LogP contribution in [0.25, 0.3) is 0 Å². The lowest BCUT2D eigenvalue weighted by Crippen LogP contribution is -2.33. The molecule has 3 aromatic rings. The van der Waals surface area contributed by atoms with Crippen molar-refractivity contribution >= 4 is 0 Å². The van der Waals surface area contributed by atoms with Crippen LogP contribution < -0.4 is 0 Å². The Hall–Kier alpha value is -2.46. The van der Waals surface area contributed by atoms with E-state index in [4.69, 9.17) is 4.98 Å². The molecule has 27 heavy (non-hydrogen) atoms. The molecular weight excluding hydrogens is 332 g/mol. The zero-order chi connectivity index (χ0) is 18.6. The van der Waals surface area contributed by atoms with Crippen LogP contribution in [0.2, 0.25) is 0 Å². The number of piperidine rings is 1. The first-order valence-corrected chi connectivity index (χ1v) is 9.88. The SMILES string of the molecule is Cc1ccccc1Cc1cccc(C2CCN(Cc3nccn3C)CC2)n1. The van der Waals surface area contributed by atoms with Crippen LogP contribution in [0.15, 0.2) is 54.9 Å². The van der Waals surface area contributed by atoms with Crippen LogP contribution in [0.4, 0.5) is 0 Å². The highest BCUT2D eigenvalue weighted by Crippen LogP contribution is 2.27. The van der Waals surface area contributed by atoms with Gasteiger partial charge in [-0.1, -0.05) is 30.3 Å². The first-order valence-electron chi connectivity index (χ1n) is 9.88. The van der Waals surface area contributed by atoms with Gasteiger partial charge in [-0.3, -0.25) is 9.88 Å². The number of rotatable bonds is 5. The van der Waals surface area contributed by atoms with Gasteiger partial charge >= 0.3 is 0 Å². The van der Waals surface area contributed by atoms with Gasteiger partial charge in [-0.15, -0.1) is 0 Å². The quantitative estimate of drug-likeness (QED) is 0.687. The molecule has 0 unspecified atom stereocenters. The Morgan fingerprint density at radius 2 is 1.85 bits per heavy atom. The molecule has 4 heteroatoms. The predicted octanol–water partition coefficient (Wildman–Crippen LogP) is 4.09. The molecule has 4 nitrogen and oxygen atoms in total. The first-order chi connectivity index (χ1) is 13.2. The minimum absolute atomic E-state index is 0.569. The van der Waals surface area contributed by atoms with E-state index in [1.807, 2.05) is 12.4 Å². The molecule has 3 heterocycles. The Balaban J connectivity index is 1.38. The average molecular weight is 361 g/mol. The highest BCUT2D eigenvalue weighted by molar-refractivity contribution is 5.30. The number of hydrogen-bond acceptors (Lipinski definition) is 3. The van der Waals surface area contributed by atoms with Crippen molar-refractivity contribution in [2.45, 2.75) is 38.6 Å². The van der Waals surface area contributed by atoms with E-state index >= 15 is 0 Å². The average Bonchev–Trinajstić information content (AvgIpc) is 3.09. The fraction of sp³-hybridized carbons (Fsp3) is 0.391. The second-order valence-corrected chi connectivity index (χ2v) is 7.66. The number of benzene rings is 1. The van der Waals surface area contributed by atoms with Crippen LogP contribution in [0, 0.1) is 6.92 Å². The van der Waals surface area contributed by atoms with Crippen molar-refractivity contribution in [2.24, 2.45) is 7.05 Å². The second-order valence-electron chi connectivity index (χ2n) is 7.66. The van der Waals surface area contributed by atoms with Gasteiger partial charge in [0, 0.05) is 43.2 Å². The van der Waals surface area contributed by atoms with Crippen LogP contribution in [0.3, 0.4) is 0 Å². The van der Waals surface area contributed by atoms with Gasteiger partial charge in [-0.2, -0.15) is 0 Å². The van der Waals surface area contributed by atoms with Crippen LogP contribution in [0.5, 0.6) is 0 Å². The summed E-state index contributed by atoms with van der Waals surface area (Å²) in [4.78, 5) is 12.0. The van der Waals surface area contributed by atoms with Crippen LogP contribution in [0.1, 0.15) is 47.1 Å². The Bertz CT molecular complexity index is 891. The Morgan fingerprint density at radius 1 is 1.04 bits per heavy atom. The molecule has 0 amide bonds. The molecule has 0 atom stereocenters. The minimum atomic E-state index is 0.569. The molecule has 1 aromatic carbocycles. The predicted molar refractivity (Wildman–Crippen MR) is 109 cm³/mol. The van der Waals surface area contributed by atoms with E-state index in [1.54, 1.807) is 0 Å². The van der Waals surface area contributed by atoms with E-state index in [2.05, 4.69) is 70.9 Å². The fourth-order valence-electron chi connectivity index (χ4n) is 3.96. The molecule has 4 rings (SSSR count). The van der Waals surface area contributed by atoms with E-state index in [0.29, 0.717) is 5.92 Å². The number of aryl methyl sites for hydroxylation is 2. The van der Waals surface area contributed by atoms with Crippen molar-refractivity contribution < 1.29 is 0 Å². The highest BCUT2D eigenvalue weighted by atomic mass is 15.2. The monoisotopic (exact) mass is 360 g/mol. The maximum Gasteiger partial charge on any atom is 0.122 e. The lowest BCUT2D eigenvalue weighted by Gasteiger charge is -2.31. The van der Waals surface area contributed by atoms with Crippen LogP contribution >= 0.6 is 0 Å². The number of pyridine rings is 1. The third-order valence-corrected chi connectivity index (χ3v) is 5.75. The van der Waals surface area contributed by atoms with Gasteiger partial charge in [-0.25, -0.2) is 4.98 Å². The second kappa shape index (κ2) is 8.05. The zero-order valence-corrected chi connectivity index (χ0v) is 16.3. The smallest absolute Gasteiger partial charge is 0.122 e. The van der Waals surface area contributed by atoms with Crippen molar-refractivity contribution in [3.63, 3.8) is 0 Å². The molecule has 1 saturated heterocycles. The number of nitrogens with zero attached hydrogens (tertiary/aromatic N) is 4. The lowest BCUT2D eigenvalue weighted by molar-refractivity contribution is 0.197. The van der Waals surface area contributed by atoms with Gasteiger partial charge in [0.1, 0.15) is 5.82 Å². The van der Waals surface area contributed by atoms with Crippen molar-refractivity contribution in [1.82, 2.24) is 19.4 Å². The van der Waals surface area contributed by atoms with E-state index in [-0.39, 0.29) is 0 Å². The molecule has 0 N–H and O–H groups in total. The largest absolute Gasteiger partial charge is 0.337 e. The lowest BCUT2D eigenvalue weighted by atomic mass is 9.92. The van der Waals surface area contributed by atoms with Gasteiger partial charge in [0.05, 0.1) is 6.54 Å². The Labute approximate surface area is 161 Å². The van der Waals surface area contributed by atoms with E-state index < -0.39 is 0 Å². The summed E-state index contributed by atoms with van der Waals surface area (Å²) in [5, 5.41) is 0. The van der Waals surface area contributed by atoms with Crippen molar-refractivity contribution in [3.8, 4) is 0 Å². The van der Waals surface area contributed by atoms with Gasteiger partial charge in [0.15, 0.2) is 0 Å². The van der Waals surface area contributed by atoms with Crippen LogP contribution in [-0.2, 0) is 20.0 Å². The molecule has 1 aliphatic rings. The number of likely N-dealkylation sites (tertiary alicyclic amines) is 1. The Morgan fingerprint density at radius 3 is 2.59 bits per heavy atom. The van der Waals surface area contributed by atoms with Crippen molar-refractivity contribution in [2.75, 3.05) is 13.1 Å². The van der Waals surface area contributed by atoms with E-state index in [1.165, 1.54) is 35.4 Å². The molecule has 140 valence electrons. The van der Waals surface area contributed by atoms with Gasteiger partial charge in [0.2, 0.25) is 0 Å². The molecule has 0 spiro atoms. The molecular formula is C23H28N4. The molecule has 1 fully saturated rings. The summed E-state index contributed by atoms with van der Waals surface area (Å²) in [6.07, 6.45) is 7.16. The van der Waals surface area contributed by atoms with Crippen molar-refractivity contribution in [1.29, 1.82) is 0 Å². The van der Waals surface area contributed by atoms with Gasteiger partial charge < -0.3 is 4.57 Å². The summed E-state index contributed by atoms with van der Waals surface area (Å²) in [5.41, 5.74) is 5.15. The van der Waals surface area contributed by atoms with Gasteiger partial charge in [0.25, 0.3) is 0 Å². The molecule has 1 aliphatic heterocycles. The summed E-state index contributed by atoms with van der Waals surface area (Å²) in [7, 11) is 2.07. The minimum Gasteiger partial charge on any atom is -0.337 e. The topological polar surface area (TPSA) is 34.0 Å². The third kappa shape index (κ3) is 4.28. The first kappa shape index (κ1) is 17.9. The fourth-order valence-corrected chi connectivity index (χ4v) is 3.96. The summed E-state index contributed by atoms with van der Waals surface area (Å²) >= 11 is 0. The molecule has 0 bridgehead atoms. The standard InChI is InChI=1S/C23H28N4/c1-18-6-3-4-7-20(18)16-21-8-5-9-22(25-21)19-10-13-27(14-11-19)17-23-24-12-15-26(23)2/h3-9,12,15,19H,10-11,13-14,16-17H2,1-2H3. The molecule has 2 aromatic heterocycles. The van der Waals surface area contributed by atoms with E-state index in [0.717, 1.165) is 31.9 Å². The Kier molecular flexibility index (Phi) is 5.35. The number of hydrogen-bond donors (Lipinski definition) is 0. The van der Waals surface area contributed by atoms with Crippen LogP contribution in [-0.4, -0.2) is 32.5 Å². The number of imidazole rings is 1. The normalized spacial score (nSPS) is 15.9. The summed E-state index contributed by atoms with van der Waals surface area (Å²) in [6.45, 7) is 5.34. The summed E-state index contributed by atoms with van der Waals surface area (Å²) in [5.74, 6) is 1.71. The molecule has 0 aliphatic carbocycles. The molecule has 0 radical (unpaired) electrons. The van der Waals surface area contributed by atoms with Crippen molar-refractivity contribution in [3.05, 3.63) is 83.2 Å². The maximum absolute atomic E-state index is 5.01. The summed E-state index contributed by atoms with van der Waals surface area (Å²) < 4.78 is 2.11. The number of aromatic nitrogens is 3.